The fourth-order valence-corrected chi connectivity index (χ4v) is 5.23. The molecule has 0 saturated heterocycles. The first kappa shape index (κ1) is 23.1. The SMILES string of the molecule is Cc1c(-c2c3ccccc3n(C(C)C)[n+]2C)cc(C(F)(F)F)cc1-[n+]1c(C)ccc2ccccc21. The van der Waals surface area contributed by atoms with E-state index in [0.717, 1.165) is 38.8 Å². The van der Waals surface area contributed by atoms with E-state index in [1.54, 1.807) is 0 Å². The standard InChI is InChI=1S/C29H28F3N3/c1-18(2)35-26-13-9-7-11-23(26)28(33(35)5)24-16-22(29(30,31)32)17-27(20(24)4)34-19(3)14-15-21-10-6-8-12-25(21)34/h6-18H,1-5H3/q+2. The maximum atomic E-state index is 14.3. The third kappa shape index (κ3) is 3.68. The summed E-state index contributed by atoms with van der Waals surface area (Å²) in [6, 6.07) is 22.3. The zero-order chi connectivity index (χ0) is 25.1. The Morgan fingerprint density at radius 1 is 0.857 bits per heavy atom. The fraction of sp³-hybridized carbons (Fsp3) is 0.241. The average molecular weight is 476 g/mol. The molecule has 0 aliphatic heterocycles. The highest BCUT2D eigenvalue weighted by Crippen LogP contribution is 2.38. The number of hydrogen-bond acceptors (Lipinski definition) is 0. The van der Waals surface area contributed by atoms with E-state index in [1.807, 2.05) is 90.8 Å². The Morgan fingerprint density at radius 2 is 1.54 bits per heavy atom. The van der Waals surface area contributed by atoms with Crippen LogP contribution in [-0.2, 0) is 13.2 Å². The number of aromatic nitrogens is 3. The first-order chi connectivity index (χ1) is 16.6. The molecule has 0 unspecified atom stereocenters. The molecule has 5 aromatic rings. The van der Waals surface area contributed by atoms with Gasteiger partial charge >= 0.3 is 6.18 Å². The molecule has 0 N–H and O–H groups in total. The van der Waals surface area contributed by atoms with Gasteiger partial charge in [0.25, 0.3) is 0 Å². The molecule has 3 nitrogen and oxygen atoms in total. The van der Waals surface area contributed by atoms with Crippen LogP contribution < -0.4 is 9.25 Å². The maximum Gasteiger partial charge on any atom is 0.416 e. The van der Waals surface area contributed by atoms with Gasteiger partial charge in [0.2, 0.25) is 16.9 Å². The summed E-state index contributed by atoms with van der Waals surface area (Å²) in [5.74, 6) is 0. The van der Waals surface area contributed by atoms with Crippen LogP contribution in [0.4, 0.5) is 13.2 Å². The van der Waals surface area contributed by atoms with Crippen LogP contribution in [-0.4, -0.2) is 4.68 Å². The van der Waals surface area contributed by atoms with Gasteiger partial charge in [-0.3, -0.25) is 0 Å². The van der Waals surface area contributed by atoms with Crippen molar-refractivity contribution in [1.82, 2.24) is 4.68 Å². The molecule has 35 heavy (non-hydrogen) atoms. The predicted octanol–water partition coefficient (Wildman–Crippen LogP) is 6.78. The number of aryl methyl sites for hydroxylation is 1. The van der Waals surface area contributed by atoms with Crippen molar-refractivity contribution in [3.8, 4) is 16.9 Å². The van der Waals surface area contributed by atoms with Crippen molar-refractivity contribution >= 4 is 21.8 Å². The topological polar surface area (TPSA) is 12.7 Å². The molecule has 2 heterocycles. The lowest BCUT2D eigenvalue weighted by Crippen LogP contribution is -2.42. The van der Waals surface area contributed by atoms with Crippen LogP contribution >= 0.6 is 0 Å². The molecule has 0 atom stereocenters. The van der Waals surface area contributed by atoms with E-state index >= 15 is 0 Å². The normalized spacial score (nSPS) is 12.3. The third-order valence-electron chi connectivity index (χ3n) is 6.78. The van der Waals surface area contributed by atoms with Crippen LogP contribution in [0, 0.1) is 13.8 Å². The zero-order valence-corrected chi connectivity index (χ0v) is 20.5. The van der Waals surface area contributed by atoms with Gasteiger partial charge in [-0.25, -0.2) is 0 Å². The number of rotatable bonds is 3. The predicted molar refractivity (Wildman–Crippen MR) is 132 cm³/mol. The Labute approximate surface area is 202 Å². The number of halogens is 3. The van der Waals surface area contributed by atoms with Gasteiger partial charge in [0, 0.05) is 36.1 Å². The second-order valence-electron chi connectivity index (χ2n) is 9.36. The van der Waals surface area contributed by atoms with Crippen molar-refractivity contribution in [2.75, 3.05) is 0 Å². The van der Waals surface area contributed by atoms with E-state index < -0.39 is 11.7 Å². The van der Waals surface area contributed by atoms with Crippen molar-refractivity contribution in [3.63, 3.8) is 0 Å². The third-order valence-corrected chi connectivity index (χ3v) is 6.78. The number of para-hydroxylation sites is 2. The van der Waals surface area contributed by atoms with E-state index in [4.69, 9.17) is 0 Å². The van der Waals surface area contributed by atoms with Crippen LogP contribution in [0.15, 0.2) is 72.8 Å². The Balaban J connectivity index is 1.93. The average Bonchev–Trinajstić information content (AvgIpc) is 3.10. The van der Waals surface area contributed by atoms with Gasteiger partial charge in [-0.2, -0.15) is 22.4 Å². The molecule has 0 amide bonds. The molecular formula is C29H28F3N3+2. The van der Waals surface area contributed by atoms with Gasteiger partial charge in [0.15, 0.2) is 12.7 Å². The molecule has 3 aromatic carbocycles. The van der Waals surface area contributed by atoms with Crippen molar-refractivity contribution in [1.29, 1.82) is 0 Å². The smallest absolute Gasteiger partial charge is 0.166 e. The van der Waals surface area contributed by atoms with Crippen LogP contribution in [0.1, 0.15) is 36.7 Å². The molecule has 0 fully saturated rings. The van der Waals surface area contributed by atoms with Crippen molar-refractivity contribution in [3.05, 3.63) is 89.6 Å². The first-order valence-corrected chi connectivity index (χ1v) is 11.7. The number of benzene rings is 3. The molecular weight excluding hydrogens is 447 g/mol. The van der Waals surface area contributed by atoms with Crippen molar-refractivity contribution in [2.24, 2.45) is 7.05 Å². The summed E-state index contributed by atoms with van der Waals surface area (Å²) < 4.78 is 48.8. The Bertz CT molecular complexity index is 1590. The Kier molecular flexibility index (Phi) is 5.42. The summed E-state index contributed by atoms with van der Waals surface area (Å²) in [7, 11) is 1.92. The number of alkyl halides is 3. The Morgan fingerprint density at radius 3 is 2.26 bits per heavy atom. The van der Waals surface area contributed by atoms with Crippen molar-refractivity contribution in [2.45, 2.75) is 39.9 Å². The molecule has 0 aliphatic carbocycles. The molecule has 0 aliphatic rings. The molecule has 178 valence electrons. The monoisotopic (exact) mass is 475 g/mol. The van der Waals surface area contributed by atoms with Crippen LogP contribution in [0.2, 0.25) is 0 Å². The van der Waals surface area contributed by atoms with Crippen LogP contribution in [0.5, 0.6) is 0 Å². The highest BCUT2D eigenvalue weighted by Gasteiger charge is 2.37. The minimum Gasteiger partial charge on any atom is -0.166 e. The molecule has 2 aromatic heterocycles. The second kappa shape index (κ2) is 8.22. The van der Waals surface area contributed by atoms with E-state index in [0.29, 0.717) is 11.3 Å². The van der Waals surface area contributed by atoms with Gasteiger partial charge in [0.05, 0.1) is 22.6 Å². The van der Waals surface area contributed by atoms with E-state index in [1.165, 1.54) is 12.1 Å². The van der Waals surface area contributed by atoms with E-state index in [9.17, 15) is 13.2 Å². The molecule has 0 bridgehead atoms. The minimum atomic E-state index is -4.48. The van der Waals surface area contributed by atoms with Gasteiger partial charge in [-0.05, 0) is 51.1 Å². The summed E-state index contributed by atoms with van der Waals surface area (Å²) in [5.41, 5.74) is 4.75. The molecule has 0 radical (unpaired) electrons. The second-order valence-corrected chi connectivity index (χ2v) is 9.36. The molecule has 5 rings (SSSR count). The highest BCUT2D eigenvalue weighted by molar-refractivity contribution is 5.93. The summed E-state index contributed by atoms with van der Waals surface area (Å²) in [5, 5.41) is 1.90. The summed E-state index contributed by atoms with van der Waals surface area (Å²) >= 11 is 0. The van der Waals surface area contributed by atoms with Crippen LogP contribution in [0.25, 0.3) is 38.8 Å². The molecule has 6 heteroatoms. The summed E-state index contributed by atoms with van der Waals surface area (Å²) in [4.78, 5) is 0. The largest absolute Gasteiger partial charge is 0.416 e. The lowest BCUT2D eigenvalue weighted by molar-refractivity contribution is -0.743. The highest BCUT2D eigenvalue weighted by atomic mass is 19.4. The number of fused-ring (bicyclic) bond motifs is 2. The maximum absolute atomic E-state index is 14.3. The van der Waals surface area contributed by atoms with Gasteiger partial charge in [0.1, 0.15) is 5.52 Å². The van der Waals surface area contributed by atoms with E-state index in [2.05, 4.69) is 18.5 Å². The number of nitrogens with zero attached hydrogens (tertiary/aromatic N) is 3. The lowest BCUT2D eigenvalue weighted by Gasteiger charge is -2.14. The van der Waals surface area contributed by atoms with E-state index in [-0.39, 0.29) is 6.04 Å². The first-order valence-electron chi connectivity index (χ1n) is 11.7. The number of hydrogen-bond donors (Lipinski definition) is 0. The summed E-state index contributed by atoms with van der Waals surface area (Å²) in [6.45, 7) is 8.00. The lowest BCUT2D eigenvalue weighted by atomic mass is 9.97. The van der Waals surface area contributed by atoms with Gasteiger partial charge in [-0.15, -0.1) is 4.68 Å². The quantitative estimate of drug-likeness (QED) is 0.255. The molecule has 0 saturated carbocycles. The number of pyridine rings is 1. The Hall–Kier alpha value is -3.67. The minimum absolute atomic E-state index is 0.138. The fourth-order valence-electron chi connectivity index (χ4n) is 5.23. The van der Waals surface area contributed by atoms with Gasteiger partial charge in [-0.1, -0.05) is 24.3 Å². The summed E-state index contributed by atoms with van der Waals surface area (Å²) in [6.07, 6.45) is -4.48. The van der Waals surface area contributed by atoms with Crippen molar-refractivity contribution < 1.29 is 22.4 Å². The zero-order valence-electron chi connectivity index (χ0n) is 20.5. The van der Waals surface area contributed by atoms with Crippen LogP contribution in [0.3, 0.4) is 0 Å². The van der Waals surface area contributed by atoms with Gasteiger partial charge < -0.3 is 0 Å². The molecule has 0 spiro atoms.